The molecule has 7 heteroatoms. The Kier molecular flexibility index (Phi) is 4.97. The van der Waals surface area contributed by atoms with Gasteiger partial charge in [-0.15, -0.1) is 0 Å². The highest BCUT2D eigenvalue weighted by Crippen LogP contribution is 2.27. The van der Waals surface area contributed by atoms with Crippen LogP contribution in [0.25, 0.3) is 5.65 Å². The number of nitrogens with one attached hydrogen (secondary N) is 3. The fourth-order valence-electron chi connectivity index (χ4n) is 3.00. The zero-order valence-electron chi connectivity index (χ0n) is 15.7. The monoisotopic (exact) mass is 377 g/mol. The molecule has 0 spiro atoms. The van der Waals surface area contributed by atoms with Gasteiger partial charge in [-0.1, -0.05) is 18.2 Å². The number of hydrogen-bond acceptors (Lipinski definition) is 3. The van der Waals surface area contributed by atoms with Crippen molar-refractivity contribution in [3.05, 3.63) is 65.6 Å². The highest BCUT2D eigenvalue weighted by molar-refractivity contribution is 6.03. The van der Waals surface area contributed by atoms with Crippen LogP contribution in [0.3, 0.4) is 0 Å². The van der Waals surface area contributed by atoms with Gasteiger partial charge in [0.2, 0.25) is 0 Å². The van der Waals surface area contributed by atoms with Crippen molar-refractivity contribution in [1.29, 1.82) is 0 Å². The second kappa shape index (κ2) is 7.72. The van der Waals surface area contributed by atoms with Crippen LogP contribution < -0.4 is 16.0 Å². The summed E-state index contributed by atoms with van der Waals surface area (Å²) in [6, 6.07) is 11.2. The first kappa shape index (κ1) is 18.0. The molecule has 0 aliphatic heterocycles. The highest BCUT2D eigenvalue weighted by Gasteiger charge is 2.21. The van der Waals surface area contributed by atoms with Gasteiger partial charge in [-0.2, -0.15) is 0 Å². The average molecular weight is 377 g/mol. The van der Waals surface area contributed by atoms with Crippen molar-refractivity contribution in [3.8, 4) is 0 Å². The van der Waals surface area contributed by atoms with Gasteiger partial charge in [0.25, 0.3) is 5.91 Å². The summed E-state index contributed by atoms with van der Waals surface area (Å²) in [5, 5.41) is 8.69. The van der Waals surface area contributed by atoms with E-state index in [4.69, 9.17) is 0 Å². The lowest BCUT2D eigenvalue weighted by Crippen LogP contribution is -2.36. The maximum atomic E-state index is 12.7. The number of pyridine rings is 1. The molecule has 3 amide bonds. The number of benzene rings is 1. The van der Waals surface area contributed by atoms with Crippen LogP contribution in [0, 0.1) is 12.8 Å². The summed E-state index contributed by atoms with van der Waals surface area (Å²) in [7, 11) is 0. The first-order valence-electron chi connectivity index (χ1n) is 9.45. The molecule has 1 aliphatic rings. The molecule has 2 heterocycles. The minimum atomic E-state index is -0.228. The Morgan fingerprint density at radius 3 is 2.86 bits per heavy atom. The number of aryl methyl sites for hydroxylation is 1. The van der Waals surface area contributed by atoms with Gasteiger partial charge in [0.1, 0.15) is 11.3 Å². The average Bonchev–Trinajstić information content (AvgIpc) is 3.43. The number of amides is 3. The van der Waals surface area contributed by atoms with Gasteiger partial charge in [0, 0.05) is 25.0 Å². The Labute approximate surface area is 163 Å². The number of aromatic nitrogens is 2. The smallest absolute Gasteiger partial charge is 0.315 e. The van der Waals surface area contributed by atoms with E-state index in [1.165, 1.54) is 12.8 Å². The second-order valence-electron chi connectivity index (χ2n) is 7.18. The Balaban J connectivity index is 1.41. The van der Waals surface area contributed by atoms with Crippen LogP contribution in [0.15, 0.2) is 48.8 Å². The normalized spacial score (nSPS) is 13.3. The van der Waals surface area contributed by atoms with Crippen LogP contribution in [0.2, 0.25) is 0 Å². The number of rotatable bonds is 6. The van der Waals surface area contributed by atoms with E-state index in [1.807, 2.05) is 49.5 Å². The summed E-state index contributed by atoms with van der Waals surface area (Å²) in [6.07, 6.45) is 5.78. The number of hydrogen-bond donors (Lipinski definition) is 3. The third-order valence-corrected chi connectivity index (χ3v) is 4.90. The van der Waals surface area contributed by atoms with Gasteiger partial charge < -0.3 is 16.0 Å². The molecule has 3 N–H and O–H groups in total. The third-order valence-electron chi connectivity index (χ3n) is 4.90. The molecule has 1 saturated carbocycles. The molecule has 0 radical (unpaired) electrons. The summed E-state index contributed by atoms with van der Waals surface area (Å²) in [5.74, 6) is 0.417. The summed E-state index contributed by atoms with van der Waals surface area (Å²) >= 11 is 0. The van der Waals surface area contributed by atoms with Gasteiger partial charge in [-0.05, 0) is 55.0 Å². The van der Waals surface area contributed by atoms with Crippen LogP contribution in [-0.4, -0.2) is 27.9 Å². The van der Waals surface area contributed by atoms with Crippen molar-refractivity contribution in [2.45, 2.75) is 26.3 Å². The molecule has 0 saturated heterocycles. The van der Waals surface area contributed by atoms with E-state index in [1.54, 1.807) is 10.6 Å². The number of carbonyl (C=O) groups excluding carboxylic acids is 2. The number of carbonyl (C=O) groups is 2. The van der Waals surface area contributed by atoms with E-state index in [-0.39, 0.29) is 11.9 Å². The van der Waals surface area contributed by atoms with Crippen molar-refractivity contribution in [1.82, 2.24) is 20.0 Å². The van der Waals surface area contributed by atoms with E-state index in [9.17, 15) is 9.59 Å². The SMILES string of the molecule is Cc1ccc(CNC(=O)NCC2CC2)cc1NC(=O)c1cnc2ccccn12. The zero-order chi connectivity index (χ0) is 19.5. The molecule has 1 aromatic carbocycles. The van der Waals surface area contributed by atoms with Crippen LogP contribution in [0.4, 0.5) is 10.5 Å². The number of anilines is 1. The molecular weight excluding hydrogens is 354 g/mol. The molecule has 3 aromatic rings. The summed E-state index contributed by atoms with van der Waals surface area (Å²) in [5.41, 5.74) is 3.77. The van der Waals surface area contributed by atoms with Crippen LogP contribution in [0.5, 0.6) is 0 Å². The van der Waals surface area contributed by atoms with Gasteiger partial charge in [-0.3, -0.25) is 9.20 Å². The number of imidazole rings is 1. The molecule has 4 rings (SSSR count). The summed E-state index contributed by atoms with van der Waals surface area (Å²) < 4.78 is 1.75. The first-order chi connectivity index (χ1) is 13.6. The molecule has 0 bridgehead atoms. The Morgan fingerprint density at radius 1 is 1.18 bits per heavy atom. The fourth-order valence-corrected chi connectivity index (χ4v) is 3.00. The highest BCUT2D eigenvalue weighted by atomic mass is 16.2. The minimum Gasteiger partial charge on any atom is -0.338 e. The molecular formula is C21H23N5O2. The topological polar surface area (TPSA) is 87.5 Å². The second-order valence-corrected chi connectivity index (χ2v) is 7.18. The summed E-state index contributed by atoms with van der Waals surface area (Å²) in [4.78, 5) is 28.8. The third kappa shape index (κ3) is 4.14. The van der Waals surface area contributed by atoms with E-state index < -0.39 is 0 Å². The maximum absolute atomic E-state index is 12.7. The lowest BCUT2D eigenvalue weighted by atomic mass is 10.1. The predicted octanol–water partition coefficient (Wildman–Crippen LogP) is 3.10. The van der Waals surface area contributed by atoms with E-state index in [2.05, 4.69) is 20.9 Å². The fraction of sp³-hybridized carbons (Fsp3) is 0.286. The predicted molar refractivity (Wildman–Crippen MR) is 107 cm³/mol. The van der Waals surface area contributed by atoms with Gasteiger partial charge in [0.05, 0.1) is 6.20 Å². The van der Waals surface area contributed by atoms with E-state index in [0.29, 0.717) is 23.8 Å². The number of urea groups is 1. The molecule has 1 fully saturated rings. The molecule has 0 unspecified atom stereocenters. The minimum absolute atomic E-state index is 0.163. The Bertz CT molecular complexity index is 1020. The molecule has 7 nitrogen and oxygen atoms in total. The molecule has 1 aliphatic carbocycles. The molecule has 28 heavy (non-hydrogen) atoms. The maximum Gasteiger partial charge on any atom is 0.315 e. The van der Waals surface area contributed by atoms with Crippen molar-refractivity contribution in [2.24, 2.45) is 5.92 Å². The van der Waals surface area contributed by atoms with Crippen LogP contribution in [0.1, 0.15) is 34.5 Å². The van der Waals surface area contributed by atoms with Crippen molar-refractivity contribution < 1.29 is 9.59 Å². The molecule has 144 valence electrons. The largest absolute Gasteiger partial charge is 0.338 e. The van der Waals surface area contributed by atoms with Crippen LogP contribution in [-0.2, 0) is 6.54 Å². The van der Waals surface area contributed by atoms with Crippen molar-refractivity contribution in [2.75, 3.05) is 11.9 Å². The van der Waals surface area contributed by atoms with Crippen molar-refractivity contribution in [3.63, 3.8) is 0 Å². The lowest BCUT2D eigenvalue weighted by Gasteiger charge is -2.12. The quantitative estimate of drug-likeness (QED) is 0.617. The first-order valence-corrected chi connectivity index (χ1v) is 9.45. The van der Waals surface area contributed by atoms with Gasteiger partial charge >= 0.3 is 6.03 Å². The molecule has 2 aromatic heterocycles. The van der Waals surface area contributed by atoms with Crippen LogP contribution >= 0.6 is 0 Å². The number of nitrogens with zero attached hydrogens (tertiary/aromatic N) is 2. The van der Waals surface area contributed by atoms with Gasteiger partial charge in [-0.25, -0.2) is 9.78 Å². The lowest BCUT2D eigenvalue weighted by molar-refractivity contribution is 0.102. The standard InChI is InChI=1S/C21H23N5O2/c1-14-5-6-16(12-24-21(28)23-11-15-7-8-15)10-17(14)25-20(27)18-13-22-19-4-2-3-9-26(18)19/h2-6,9-10,13,15H,7-8,11-12H2,1H3,(H,25,27)(H2,23,24,28). The van der Waals surface area contributed by atoms with Crippen molar-refractivity contribution >= 4 is 23.3 Å². The van der Waals surface area contributed by atoms with E-state index >= 15 is 0 Å². The Hall–Kier alpha value is -3.35. The van der Waals surface area contributed by atoms with E-state index in [0.717, 1.165) is 23.3 Å². The molecule has 0 atom stereocenters. The summed E-state index contributed by atoms with van der Waals surface area (Å²) in [6.45, 7) is 3.07. The zero-order valence-corrected chi connectivity index (χ0v) is 15.7. The Morgan fingerprint density at radius 2 is 2.04 bits per heavy atom. The number of fused-ring (bicyclic) bond motifs is 1. The van der Waals surface area contributed by atoms with Gasteiger partial charge in [0.15, 0.2) is 0 Å².